The summed E-state index contributed by atoms with van der Waals surface area (Å²) in [5.41, 5.74) is 1.39. The second-order valence-electron chi connectivity index (χ2n) is 8.11. The number of sulfonamides is 1. The zero-order valence-electron chi connectivity index (χ0n) is 18.7. The van der Waals surface area contributed by atoms with E-state index in [0.29, 0.717) is 16.5 Å². The Hall–Kier alpha value is -2.29. The largest absolute Gasteiger partial charge is 0.495 e. The summed E-state index contributed by atoms with van der Waals surface area (Å²) < 4.78 is 39.8. The van der Waals surface area contributed by atoms with E-state index in [0.717, 1.165) is 31.2 Å². The fraction of sp³-hybridized carbons (Fsp3) is 0.435. The minimum Gasteiger partial charge on any atom is -0.495 e. The molecule has 0 aliphatic heterocycles. The molecule has 2 N–H and O–H groups in total. The molecule has 0 aromatic heterocycles. The highest BCUT2D eigenvalue weighted by molar-refractivity contribution is 7.89. The molecule has 1 amide bonds. The fourth-order valence-corrected chi connectivity index (χ4v) is 5.63. The van der Waals surface area contributed by atoms with Crippen molar-refractivity contribution in [1.29, 1.82) is 0 Å². The molecule has 3 rings (SSSR count). The predicted octanol–water partition coefficient (Wildman–Crippen LogP) is 4.77. The summed E-state index contributed by atoms with van der Waals surface area (Å²) in [5, 5.41) is 3.29. The predicted molar refractivity (Wildman–Crippen MR) is 125 cm³/mol. The number of carbonyl (C=O) groups is 1. The SMILES string of the molecule is COc1cc(Cl)c(C)cc1NC(=O)c1ccc(OC)c(S(=O)(=O)N[C@@H]2CCCC[C@@H]2C)c1. The van der Waals surface area contributed by atoms with E-state index < -0.39 is 15.9 Å². The maximum Gasteiger partial charge on any atom is 0.255 e. The van der Waals surface area contributed by atoms with Crippen molar-refractivity contribution in [3.63, 3.8) is 0 Å². The average Bonchev–Trinajstić information content (AvgIpc) is 2.77. The Morgan fingerprint density at radius 3 is 2.41 bits per heavy atom. The number of aryl methyl sites for hydroxylation is 1. The molecule has 0 bridgehead atoms. The van der Waals surface area contributed by atoms with E-state index >= 15 is 0 Å². The average molecular weight is 481 g/mol. The number of benzene rings is 2. The topological polar surface area (TPSA) is 93.7 Å². The molecule has 2 aromatic carbocycles. The lowest BCUT2D eigenvalue weighted by Crippen LogP contribution is -2.41. The van der Waals surface area contributed by atoms with E-state index in [4.69, 9.17) is 21.1 Å². The third kappa shape index (κ3) is 5.36. The quantitative estimate of drug-likeness (QED) is 0.595. The number of ether oxygens (including phenoxy) is 2. The Kier molecular flexibility index (Phi) is 7.69. The highest BCUT2D eigenvalue weighted by Crippen LogP contribution is 2.32. The van der Waals surface area contributed by atoms with Crippen molar-refractivity contribution in [3.8, 4) is 11.5 Å². The van der Waals surface area contributed by atoms with Gasteiger partial charge < -0.3 is 14.8 Å². The van der Waals surface area contributed by atoms with Gasteiger partial charge in [-0.05, 0) is 55.5 Å². The molecule has 1 saturated carbocycles. The summed E-state index contributed by atoms with van der Waals surface area (Å²) in [5.74, 6) is 0.354. The lowest BCUT2D eigenvalue weighted by molar-refractivity contribution is 0.102. The van der Waals surface area contributed by atoms with E-state index in [2.05, 4.69) is 17.0 Å². The summed E-state index contributed by atoms with van der Waals surface area (Å²) >= 11 is 6.13. The van der Waals surface area contributed by atoms with Gasteiger partial charge in [-0.25, -0.2) is 13.1 Å². The van der Waals surface area contributed by atoms with Gasteiger partial charge >= 0.3 is 0 Å². The first-order chi connectivity index (χ1) is 15.2. The van der Waals surface area contributed by atoms with Crippen LogP contribution < -0.4 is 19.5 Å². The van der Waals surface area contributed by atoms with Crippen LogP contribution in [0.25, 0.3) is 0 Å². The highest BCUT2D eigenvalue weighted by Gasteiger charge is 2.29. The molecule has 32 heavy (non-hydrogen) atoms. The third-order valence-electron chi connectivity index (χ3n) is 5.86. The third-order valence-corrected chi connectivity index (χ3v) is 7.78. The summed E-state index contributed by atoms with van der Waals surface area (Å²) in [7, 11) is -1.01. The zero-order valence-corrected chi connectivity index (χ0v) is 20.3. The van der Waals surface area contributed by atoms with Crippen LogP contribution in [-0.2, 0) is 10.0 Å². The Balaban J connectivity index is 1.90. The van der Waals surface area contributed by atoms with E-state index in [1.165, 1.54) is 32.4 Å². The van der Waals surface area contributed by atoms with Crippen molar-refractivity contribution < 1.29 is 22.7 Å². The van der Waals surface area contributed by atoms with Crippen LogP contribution in [0.1, 0.15) is 48.5 Å². The van der Waals surface area contributed by atoms with E-state index in [-0.39, 0.29) is 28.2 Å². The van der Waals surface area contributed by atoms with Gasteiger partial charge in [0.25, 0.3) is 5.91 Å². The van der Waals surface area contributed by atoms with Crippen molar-refractivity contribution in [1.82, 2.24) is 4.72 Å². The molecule has 1 aliphatic carbocycles. The van der Waals surface area contributed by atoms with Crippen molar-refractivity contribution in [2.24, 2.45) is 5.92 Å². The van der Waals surface area contributed by atoms with Crippen LogP contribution in [0.3, 0.4) is 0 Å². The van der Waals surface area contributed by atoms with E-state index in [9.17, 15) is 13.2 Å². The fourth-order valence-electron chi connectivity index (χ4n) is 3.91. The molecule has 0 saturated heterocycles. The molecule has 9 heteroatoms. The second kappa shape index (κ2) is 10.1. The number of methoxy groups -OCH3 is 2. The van der Waals surface area contributed by atoms with Crippen molar-refractivity contribution in [2.75, 3.05) is 19.5 Å². The lowest BCUT2D eigenvalue weighted by Gasteiger charge is -2.29. The smallest absolute Gasteiger partial charge is 0.255 e. The van der Waals surface area contributed by atoms with Gasteiger partial charge in [0.2, 0.25) is 10.0 Å². The molecule has 0 spiro atoms. The molecule has 2 aromatic rings. The van der Waals surface area contributed by atoms with Crippen LogP contribution in [0.5, 0.6) is 11.5 Å². The van der Waals surface area contributed by atoms with E-state index in [1.54, 1.807) is 12.1 Å². The number of amides is 1. The van der Waals surface area contributed by atoms with Gasteiger partial charge in [-0.3, -0.25) is 4.79 Å². The number of hydrogen-bond donors (Lipinski definition) is 2. The van der Waals surface area contributed by atoms with Gasteiger partial charge in [-0.1, -0.05) is 31.4 Å². The lowest BCUT2D eigenvalue weighted by atomic mass is 9.87. The molecule has 7 nitrogen and oxygen atoms in total. The number of anilines is 1. The van der Waals surface area contributed by atoms with Gasteiger partial charge in [-0.2, -0.15) is 0 Å². The minimum absolute atomic E-state index is 0.0651. The molecule has 2 atom stereocenters. The molecule has 0 heterocycles. The monoisotopic (exact) mass is 480 g/mol. The molecule has 174 valence electrons. The van der Waals surface area contributed by atoms with E-state index in [1.807, 2.05) is 6.92 Å². The molecular weight excluding hydrogens is 452 g/mol. The Morgan fingerprint density at radius 1 is 1.06 bits per heavy atom. The van der Waals surface area contributed by atoms with Gasteiger partial charge in [0.1, 0.15) is 16.4 Å². The maximum atomic E-state index is 13.2. The second-order valence-corrected chi connectivity index (χ2v) is 10.2. The number of carbonyl (C=O) groups excluding carboxylic acids is 1. The van der Waals surface area contributed by atoms with Crippen molar-refractivity contribution in [2.45, 2.75) is 50.5 Å². The molecule has 1 aliphatic rings. The van der Waals surface area contributed by atoms with Gasteiger partial charge in [-0.15, -0.1) is 0 Å². The Labute approximate surface area is 194 Å². The molecule has 0 radical (unpaired) electrons. The van der Waals surface area contributed by atoms with Crippen LogP contribution in [0, 0.1) is 12.8 Å². The first kappa shape index (κ1) is 24.4. The molecule has 0 unspecified atom stereocenters. The molecular formula is C23H29ClN2O5S. The van der Waals surface area contributed by atoms with Crippen LogP contribution in [0.2, 0.25) is 5.02 Å². The van der Waals surface area contributed by atoms with Crippen molar-refractivity contribution >= 4 is 33.2 Å². The van der Waals surface area contributed by atoms with Gasteiger partial charge in [0.15, 0.2) is 0 Å². The normalized spacial score (nSPS) is 18.8. The standard InChI is InChI=1S/C23H29ClN2O5S/c1-14-7-5-6-8-18(14)26-32(28,29)22-12-16(9-10-20(22)30-3)23(27)25-19-11-15(2)17(24)13-21(19)31-4/h9-14,18,26H,5-8H2,1-4H3,(H,25,27)/t14-,18+/m0/s1. The highest BCUT2D eigenvalue weighted by atomic mass is 35.5. The summed E-state index contributed by atoms with van der Waals surface area (Å²) in [6.45, 7) is 3.86. The zero-order chi connectivity index (χ0) is 23.5. The van der Waals surface area contributed by atoms with Crippen LogP contribution in [-0.4, -0.2) is 34.6 Å². The number of hydrogen-bond acceptors (Lipinski definition) is 5. The van der Waals surface area contributed by atoms with Gasteiger partial charge in [0, 0.05) is 22.7 Å². The number of halogens is 1. The summed E-state index contributed by atoms with van der Waals surface area (Å²) in [6, 6.07) is 7.51. The van der Waals surface area contributed by atoms with Crippen LogP contribution in [0.15, 0.2) is 35.2 Å². The first-order valence-corrected chi connectivity index (χ1v) is 12.4. The minimum atomic E-state index is -3.89. The summed E-state index contributed by atoms with van der Waals surface area (Å²) in [6.07, 6.45) is 3.86. The molecule has 1 fully saturated rings. The first-order valence-electron chi connectivity index (χ1n) is 10.5. The van der Waals surface area contributed by atoms with Crippen LogP contribution in [0.4, 0.5) is 5.69 Å². The summed E-state index contributed by atoms with van der Waals surface area (Å²) in [4.78, 5) is 12.9. The number of nitrogens with one attached hydrogen (secondary N) is 2. The number of rotatable bonds is 7. The Morgan fingerprint density at radius 2 is 1.75 bits per heavy atom. The van der Waals surface area contributed by atoms with Gasteiger partial charge in [0.05, 0.1) is 19.9 Å². The Bertz CT molecular complexity index is 1100. The van der Waals surface area contributed by atoms with Crippen molar-refractivity contribution in [3.05, 3.63) is 46.5 Å². The maximum absolute atomic E-state index is 13.2. The van der Waals surface area contributed by atoms with Crippen LogP contribution >= 0.6 is 11.6 Å².